The minimum atomic E-state index is -0.135. The van der Waals surface area contributed by atoms with Gasteiger partial charge in [0.2, 0.25) is 0 Å². The highest BCUT2D eigenvalue weighted by atomic mass is 15.2. The van der Waals surface area contributed by atoms with Crippen LogP contribution in [0.2, 0.25) is 0 Å². The van der Waals surface area contributed by atoms with E-state index in [-0.39, 0.29) is 39.2 Å². The van der Waals surface area contributed by atoms with E-state index < -0.39 is 0 Å². The average Bonchev–Trinajstić information content (AvgIpc) is 3.48. The largest absolute Gasteiger partial charge is 0.311 e. The zero-order valence-electron chi connectivity index (χ0n) is 44.3. The summed E-state index contributed by atoms with van der Waals surface area (Å²) in [4.78, 5) is 5.43. The maximum absolute atomic E-state index is 2.72. The van der Waals surface area contributed by atoms with E-state index in [9.17, 15) is 0 Å². The van der Waals surface area contributed by atoms with Crippen molar-refractivity contribution in [2.45, 2.75) is 156 Å². The normalized spacial score (nSPS) is 18.0. The van der Waals surface area contributed by atoms with Crippen LogP contribution in [0.4, 0.5) is 34.1 Å². The number of hydrogen-bond donors (Lipinski definition) is 0. The second-order valence-electron chi connectivity index (χ2n) is 26.1. The predicted molar refractivity (Wildman–Crippen MR) is 299 cm³/mol. The number of anilines is 6. The smallest absolute Gasteiger partial charge is 0.252 e. The van der Waals surface area contributed by atoms with Crippen molar-refractivity contribution in [2.24, 2.45) is 0 Å². The van der Waals surface area contributed by atoms with E-state index in [1.165, 1.54) is 125 Å². The molecule has 0 aromatic heterocycles. The fraction of sp³-hybridized carbons (Fsp3) is 0.364. The summed E-state index contributed by atoms with van der Waals surface area (Å²) in [6.45, 7) is 36.5. The number of aryl methyl sites for hydroxylation is 1. The third-order valence-corrected chi connectivity index (χ3v) is 17.1. The highest BCUT2D eigenvalue weighted by Gasteiger charge is 2.50. The van der Waals surface area contributed by atoms with Gasteiger partial charge in [0.05, 0.1) is 5.69 Å². The molecule has 0 saturated carbocycles. The van der Waals surface area contributed by atoms with E-state index in [4.69, 9.17) is 0 Å². The topological polar surface area (TPSA) is 6.48 Å². The highest BCUT2D eigenvalue weighted by molar-refractivity contribution is 7.00. The van der Waals surface area contributed by atoms with Gasteiger partial charge in [-0.05, 0) is 173 Å². The summed E-state index contributed by atoms with van der Waals surface area (Å²) in [5.74, 6) is 0. The molecular formula is C66H73BN2. The van der Waals surface area contributed by atoms with Crippen molar-refractivity contribution in [3.05, 3.63) is 172 Å². The molecular weight excluding hydrogens is 832 g/mol. The van der Waals surface area contributed by atoms with E-state index in [2.05, 4.69) is 247 Å². The molecule has 0 amide bonds. The molecule has 0 N–H and O–H groups in total. The zero-order chi connectivity index (χ0) is 49.0. The van der Waals surface area contributed by atoms with Gasteiger partial charge in [0.15, 0.2) is 0 Å². The Morgan fingerprint density at radius 2 is 0.884 bits per heavy atom. The first kappa shape index (κ1) is 45.6. The first-order valence-electron chi connectivity index (χ1n) is 25.9. The van der Waals surface area contributed by atoms with Crippen LogP contribution < -0.4 is 26.2 Å². The van der Waals surface area contributed by atoms with Crippen molar-refractivity contribution in [1.29, 1.82) is 0 Å². The number of hydrogen-bond acceptors (Lipinski definition) is 2. The molecule has 3 heteroatoms. The second-order valence-corrected chi connectivity index (χ2v) is 26.1. The molecule has 4 aliphatic rings. The molecule has 7 aromatic rings. The summed E-state index contributed by atoms with van der Waals surface area (Å²) >= 11 is 0. The van der Waals surface area contributed by atoms with Gasteiger partial charge >= 0.3 is 0 Å². The van der Waals surface area contributed by atoms with Crippen molar-refractivity contribution < 1.29 is 0 Å². The van der Waals surface area contributed by atoms with Gasteiger partial charge in [-0.15, -0.1) is 0 Å². The van der Waals surface area contributed by atoms with Crippen molar-refractivity contribution in [1.82, 2.24) is 0 Å². The van der Waals surface area contributed by atoms with Crippen molar-refractivity contribution in [2.75, 3.05) is 9.80 Å². The van der Waals surface area contributed by atoms with E-state index in [1.807, 2.05) is 0 Å². The third kappa shape index (κ3) is 7.18. The van der Waals surface area contributed by atoms with E-state index in [0.29, 0.717) is 0 Å². The molecule has 0 spiro atoms. The quantitative estimate of drug-likeness (QED) is 0.162. The highest BCUT2D eigenvalue weighted by Crippen LogP contribution is 2.55. The average molecular weight is 905 g/mol. The maximum atomic E-state index is 2.72. The Morgan fingerprint density at radius 3 is 1.42 bits per heavy atom. The summed E-state index contributed by atoms with van der Waals surface area (Å²) in [5, 5.41) is 0. The number of rotatable bonds is 4. The summed E-state index contributed by atoms with van der Waals surface area (Å²) in [6.07, 6.45) is 3.45. The first-order valence-corrected chi connectivity index (χ1v) is 25.9. The molecule has 11 rings (SSSR count). The Kier molecular flexibility index (Phi) is 9.99. The van der Waals surface area contributed by atoms with Gasteiger partial charge in [-0.3, -0.25) is 0 Å². The Balaban J connectivity index is 1.32. The summed E-state index contributed by atoms with van der Waals surface area (Å²) in [5.41, 5.74) is 26.8. The molecule has 7 aromatic carbocycles. The van der Waals surface area contributed by atoms with Crippen molar-refractivity contribution in [3.8, 4) is 22.3 Å². The molecule has 2 nitrogen and oxygen atoms in total. The third-order valence-electron chi connectivity index (χ3n) is 17.1. The lowest BCUT2D eigenvalue weighted by Gasteiger charge is -2.48. The summed E-state index contributed by atoms with van der Waals surface area (Å²) in [6, 6.07) is 52.5. The van der Waals surface area contributed by atoms with Crippen molar-refractivity contribution in [3.63, 3.8) is 0 Å². The summed E-state index contributed by atoms with van der Waals surface area (Å²) in [7, 11) is 0. The molecule has 350 valence electrons. The van der Waals surface area contributed by atoms with E-state index in [1.54, 1.807) is 0 Å². The van der Waals surface area contributed by atoms with Gasteiger partial charge in [0.25, 0.3) is 6.71 Å². The fourth-order valence-corrected chi connectivity index (χ4v) is 13.2. The molecule has 0 atom stereocenters. The van der Waals surface area contributed by atoms with Crippen LogP contribution >= 0.6 is 0 Å². The molecule has 69 heavy (non-hydrogen) atoms. The molecule has 2 heterocycles. The van der Waals surface area contributed by atoms with Crippen LogP contribution in [0.3, 0.4) is 0 Å². The predicted octanol–water partition coefficient (Wildman–Crippen LogP) is 16.3. The van der Waals surface area contributed by atoms with E-state index in [0.717, 1.165) is 6.42 Å². The molecule has 2 aliphatic heterocycles. The Labute approximate surface area is 415 Å². The van der Waals surface area contributed by atoms with Crippen LogP contribution in [0, 0.1) is 6.92 Å². The van der Waals surface area contributed by atoms with Crippen LogP contribution in [0.15, 0.2) is 133 Å². The van der Waals surface area contributed by atoms with Crippen molar-refractivity contribution >= 4 is 57.2 Å². The van der Waals surface area contributed by atoms with Crippen LogP contribution in [0.1, 0.15) is 155 Å². The minimum Gasteiger partial charge on any atom is -0.311 e. The van der Waals surface area contributed by atoms with Gasteiger partial charge in [-0.1, -0.05) is 188 Å². The fourth-order valence-electron chi connectivity index (χ4n) is 13.2. The van der Waals surface area contributed by atoms with Gasteiger partial charge in [-0.25, -0.2) is 0 Å². The second kappa shape index (κ2) is 15.1. The number of nitrogens with zero attached hydrogens (tertiary/aromatic N) is 2. The lowest BCUT2D eigenvalue weighted by Crippen LogP contribution is -2.62. The van der Waals surface area contributed by atoms with E-state index >= 15 is 0 Å². The molecule has 2 aliphatic carbocycles. The summed E-state index contributed by atoms with van der Waals surface area (Å²) < 4.78 is 0. The van der Waals surface area contributed by atoms with Crippen LogP contribution in [0.5, 0.6) is 0 Å². The van der Waals surface area contributed by atoms with Gasteiger partial charge in [-0.2, -0.15) is 0 Å². The Morgan fingerprint density at radius 1 is 0.406 bits per heavy atom. The lowest BCUT2D eigenvalue weighted by molar-refractivity contribution is 0.332. The molecule has 0 fully saturated rings. The zero-order valence-corrected chi connectivity index (χ0v) is 44.3. The van der Waals surface area contributed by atoms with Crippen LogP contribution in [0.25, 0.3) is 22.3 Å². The molecule has 0 saturated heterocycles. The van der Waals surface area contributed by atoms with Crippen LogP contribution in [-0.4, -0.2) is 6.71 Å². The van der Waals surface area contributed by atoms with Gasteiger partial charge in [0.1, 0.15) is 0 Å². The SMILES string of the molecule is Cc1ccc(-c2ccccc2)cc1N1c2cc3c(cc2B2c4cc5c(cc4N(c4ccc(C(C)(C)C)cc4-c4ccccc4)c4cc(C(C)(C)C)cc1c42)C(C)(C)CC5(C)C)C(C)(C)CCC3(C)C. The number of fused-ring (bicyclic) bond motifs is 6. The van der Waals surface area contributed by atoms with Gasteiger partial charge < -0.3 is 9.80 Å². The molecule has 0 radical (unpaired) electrons. The molecule has 0 unspecified atom stereocenters. The number of benzene rings is 7. The Hall–Kier alpha value is -5.80. The molecule has 0 bridgehead atoms. The standard InChI is InChI=1S/C66H73BN2/c1-41-26-27-44(42-22-18-16-19-23-42)32-55(41)69-57-38-50-48(63(8,9)30-31-64(50,10)11)36-52(57)67-53-37-49-51(66(14,15)40-65(49,12)13)39-56(53)68(58-34-46(62(5,6)7)35-59(69)60(58)67)54-29-28-45(61(2,3)4)33-47(54)43-24-20-17-21-25-43/h16-29,32-39H,30-31,40H2,1-15H3. The van der Waals surface area contributed by atoms with Crippen LogP contribution in [-0.2, 0) is 32.5 Å². The first-order chi connectivity index (χ1) is 32.4. The lowest BCUT2D eigenvalue weighted by atomic mass is 9.32. The Bertz CT molecular complexity index is 3230. The monoisotopic (exact) mass is 905 g/mol. The maximum Gasteiger partial charge on any atom is 0.252 e. The minimum absolute atomic E-state index is 0.0177. The van der Waals surface area contributed by atoms with Gasteiger partial charge in [0, 0.05) is 34.0 Å².